The third-order valence-electron chi connectivity index (χ3n) is 6.19. The molecule has 0 aromatic heterocycles. The van der Waals surface area contributed by atoms with Crippen LogP contribution in [0.4, 0.5) is 0 Å². The van der Waals surface area contributed by atoms with Crippen LogP contribution < -0.4 is 20.7 Å². The largest absolute Gasteiger partial charge is 0.463 e. The van der Waals surface area contributed by atoms with E-state index in [0.29, 0.717) is 0 Å². The average molecular weight is 544 g/mol. The second kappa shape index (κ2) is 12.8. The maximum absolute atomic E-state index is 12.9. The predicted octanol–water partition coefficient (Wildman–Crippen LogP) is -4.32. The van der Waals surface area contributed by atoms with Gasteiger partial charge in [0.05, 0.1) is 13.2 Å². The first-order valence-electron chi connectivity index (χ1n) is 11.8. The van der Waals surface area contributed by atoms with Crippen molar-refractivity contribution in [1.82, 2.24) is 16.0 Å². The zero-order valence-corrected chi connectivity index (χ0v) is 20.6. The maximum atomic E-state index is 12.9. The summed E-state index contributed by atoms with van der Waals surface area (Å²) in [6.45, 7) is 1.13. The van der Waals surface area contributed by atoms with Gasteiger partial charge in [-0.2, -0.15) is 0 Å². The minimum absolute atomic E-state index is 0.107. The summed E-state index contributed by atoms with van der Waals surface area (Å²) in [6.07, 6.45) is -11.0. The Labute approximate surface area is 217 Å². The molecule has 15 nitrogen and oxygen atoms in total. The lowest BCUT2D eigenvalue weighted by Gasteiger charge is -2.42. The van der Waals surface area contributed by atoms with E-state index in [1.807, 2.05) is 0 Å². The van der Waals surface area contributed by atoms with Crippen LogP contribution >= 0.6 is 0 Å². The smallest absolute Gasteiger partial charge is 0.253 e. The Morgan fingerprint density at radius 2 is 1.26 bits per heavy atom. The molecule has 1 aromatic carbocycles. The fraction of sp³-hybridized carbons (Fsp3) is 0.609. The summed E-state index contributed by atoms with van der Waals surface area (Å²) in [5.74, 6) is -1.58. The van der Waals surface area contributed by atoms with E-state index in [-0.39, 0.29) is 11.3 Å². The highest BCUT2D eigenvalue weighted by molar-refractivity contribution is 5.94. The van der Waals surface area contributed by atoms with Crippen molar-refractivity contribution >= 4 is 17.7 Å². The maximum Gasteiger partial charge on any atom is 0.253 e. The van der Waals surface area contributed by atoms with Gasteiger partial charge in [0.1, 0.15) is 54.5 Å². The molecule has 2 aliphatic rings. The van der Waals surface area contributed by atoms with Gasteiger partial charge in [0.15, 0.2) is 6.23 Å². The first kappa shape index (κ1) is 29.7. The molecule has 0 saturated carbocycles. The standard InChI is InChI=1S/C23H33N3O12/c1-9(29)24-15-19(33)17(31)13(7-27)37-22(15)26-21(35)11-3-5-12(6-4-11)36-23-16(25-10(2)30)20(34)18(32)14(8-28)38-23/h3-6,13-20,22-23,27-28,31-34H,7-8H2,1-2H3,(H,24,29)(H,25,30)(H,26,35). The Bertz CT molecular complexity index is 979. The number of nitrogens with one attached hydrogen (secondary N) is 3. The lowest BCUT2D eigenvalue weighted by atomic mass is 9.95. The van der Waals surface area contributed by atoms with E-state index in [1.165, 1.54) is 38.1 Å². The molecular weight excluding hydrogens is 510 g/mol. The lowest BCUT2D eigenvalue weighted by Crippen LogP contribution is -2.68. The summed E-state index contributed by atoms with van der Waals surface area (Å²) < 4.78 is 16.7. The molecule has 2 heterocycles. The van der Waals surface area contributed by atoms with Gasteiger partial charge < -0.3 is 60.8 Å². The molecule has 0 radical (unpaired) electrons. The van der Waals surface area contributed by atoms with E-state index in [1.54, 1.807) is 0 Å². The first-order chi connectivity index (χ1) is 18.0. The first-order valence-corrected chi connectivity index (χ1v) is 11.8. The number of benzene rings is 1. The molecule has 2 aliphatic heterocycles. The molecule has 10 unspecified atom stereocenters. The summed E-state index contributed by atoms with van der Waals surface area (Å²) in [5.41, 5.74) is 0.107. The molecule has 0 aliphatic carbocycles. The summed E-state index contributed by atoms with van der Waals surface area (Å²) >= 11 is 0. The molecule has 2 fully saturated rings. The monoisotopic (exact) mass is 543 g/mol. The van der Waals surface area contributed by atoms with Crippen LogP contribution in [0.1, 0.15) is 24.2 Å². The molecule has 0 spiro atoms. The van der Waals surface area contributed by atoms with Crippen LogP contribution in [0.2, 0.25) is 0 Å². The molecule has 3 amide bonds. The average Bonchev–Trinajstić information content (AvgIpc) is 2.87. The third-order valence-corrected chi connectivity index (χ3v) is 6.19. The number of carbonyl (C=O) groups excluding carboxylic acids is 3. The van der Waals surface area contributed by atoms with E-state index in [0.717, 1.165) is 0 Å². The Hall–Kier alpha value is -2.89. The zero-order chi connectivity index (χ0) is 28.1. The summed E-state index contributed by atoms with van der Waals surface area (Å²) in [5, 5.41) is 67.2. The summed E-state index contributed by atoms with van der Waals surface area (Å²) in [6, 6.07) is 3.13. The van der Waals surface area contributed by atoms with Crippen LogP contribution in [0.15, 0.2) is 24.3 Å². The van der Waals surface area contributed by atoms with Crippen molar-refractivity contribution in [1.29, 1.82) is 0 Å². The molecule has 3 rings (SSSR count). The molecule has 15 heteroatoms. The van der Waals surface area contributed by atoms with Crippen LogP contribution in [0.5, 0.6) is 5.75 Å². The molecule has 38 heavy (non-hydrogen) atoms. The van der Waals surface area contributed by atoms with Crippen LogP contribution in [-0.2, 0) is 19.1 Å². The van der Waals surface area contributed by atoms with Crippen LogP contribution in [-0.4, -0.2) is 123 Å². The van der Waals surface area contributed by atoms with Gasteiger partial charge in [-0.1, -0.05) is 0 Å². The molecule has 2 saturated heterocycles. The quantitative estimate of drug-likeness (QED) is 0.151. The minimum atomic E-state index is -1.53. The Morgan fingerprint density at radius 1 is 0.763 bits per heavy atom. The SMILES string of the molecule is CC(=O)NC1C(NC(=O)c2ccc(OC3OC(CO)C(O)C(O)C3NC(C)=O)cc2)OC(CO)C(O)C1O. The number of amides is 3. The van der Waals surface area contributed by atoms with E-state index < -0.39 is 92.2 Å². The molecule has 10 atom stereocenters. The van der Waals surface area contributed by atoms with E-state index in [4.69, 9.17) is 14.2 Å². The highest BCUT2D eigenvalue weighted by Crippen LogP contribution is 2.25. The van der Waals surface area contributed by atoms with E-state index in [2.05, 4.69) is 16.0 Å². The Balaban J connectivity index is 1.72. The Kier molecular flexibility index (Phi) is 9.97. The van der Waals surface area contributed by atoms with E-state index in [9.17, 15) is 45.0 Å². The molecule has 212 valence electrons. The summed E-state index contributed by atoms with van der Waals surface area (Å²) in [4.78, 5) is 36.0. The molecule has 1 aromatic rings. The van der Waals surface area contributed by atoms with Gasteiger partial charge >= 0.3 is 0 Å². The van der Waals surface area contributed by atoms with Crippen molar-refractivity contribution in [3.63, 3.8) is 0 Å². The minimum Gasteiger partial charge on any atom is -0.463 e. The van der Waals surface area contributed by atoms with Crippen molar-refractivity contribution < 1.29 is 59.2 Å². The van der Waals surface area contributed by atoms with Crippen molar-refractivity contribution in [3.05, 3.63) is 29.8 Å². The van der Waals surface area contributed by atoms with Gasteiger partial charge in [0.2, 0.25) is 18.1 Å². The number of carbonyl (C=O) groups is 3. The van der Waals surface area contributed by atoms with Gasteiger partial charge in [-0.25, -0.2) is 0 Å². The molecular formula is C23H33N3O12. The summed E-state index contributed by atoms with van der Waals surface area (Å²) in [7, 11) is 0. The van der Waals surface area contributed by atoms with E-state index >= 15 is 0 Å². The fourth-order valence-corrected chi connectivity index (χ4v) is 4.24. The number of hydrogen-bond donors (Lipinski definition) is 9. The number of aliphatic hydroxyl groups excluding tert-OH is 6. The topological polar surface area (TPSA) is 236 Å². The Morgan fingerprint density at radius 3 is 1.79 bits per heavy atom. The van der Waals surface area contributed by atoms with Gasteiger partial charge in [0, 0.05) is 19.4 Å². The highest BCUT2D eigenvalue weighted by atomic mass is 16.7. The van der Waals surface area contributed by atoms with Crippen LogP contribution in [0.3, 0.4) is 0 Å². The number of rotatable bonds is 8. The van der Waals surface area contributed by atoms with Crippen molar-refractivity contribution in [2.75, 3.05) is 13.2 Å². The second-order valence-corrected chi connectivity index (χ2v) is 9.03. The van der Waals surface area contributed by atoms with Crippen molar-refractivity contribution in [2.45, 2.75) is 75.1 Å². The van der Waals surface area contributed by atoms with Crippen molar-refractivity contribution in [3.8, 4) is 5.75 Å². The zero-order valence-electron chi connectivity index (χ0n) is 20.6. The van der Waals surface area contributed by atoms with Gasteiger partial charge in [-0.05, 0) is 24.3 Å². The predicted molar refractivity (Wildman–Crippen MR) is 125 cm³/mol. The lowest BCUT2D eigenvalue weighted by molar-refractivity contribution is -0.244. The molecule has 0 bridgehead atoms. The van der Waals surface area contributed by atoms with Gasteiger partial charge in [-0.3, -0.25) is 14.4 Å². The number of ether oxygens (including phenoxy) is 3. The van der Waals surface area contributed by atoms with Gasteiger partial charge in [0.25, 0.3) is 5.91 Å². The number of hydrogen-bond acceptors (Lipinski definition) is 12. The van der Waals surface area contributed by atoms with Crippen LogP contribution in [0.25, 0.3) is 0 Å². The third kappa shape index (κ3) is 6.75. The fourth-order valence-electron chi connectivity index (χ4n) is 4.24. The normalized spacial score (nSPS) is 35.2. The second-order valence-electron chi connectivity index (χ2n) is 9.03. The highest BCUT2D eigenvalue weighted by Gasteiger charge is 2.47. The molecule has 9 N–H and O–H groups in total. The van der Waals surface area contributed by atoms with Crippen LogP contribution in [0, 0.1) is 0 Å². The van der Waals surface area contributed by atoms with Gasteiger partial charge in [-0.15, -0.1) is 0 Å². The van der Waals surface area contributed by atoms with Crippen molar-refractivity contribution in [2.24, 2.45) is 0 Å². The number of aliphatic hydroxyl groups is 6.